The molecule has 0 fully saturated rings. The minimum absolute atomic E-state index is 0. The van der Waals surface area contributed by atoms with E-state index in [-0.39, 0.29) is 25.4 Å². The average Bonchev–Trinajstić information content (AvgIpc) is 2.26. The van der Waals surface area contributed by atoms with Gasteiger partial charge in [-0.05, 0) is 0 Å². The average molecular weight is 198 g/mol. The molecule has 5 heteroatoms. The Hall–Kier alpha value is -1.24. The van der Waals surface area contributed by atoms with Crippen LogP contribution in [-0.2, 0) is 16.1 Å². The van der Waals surface area contributed by atoms with Crippen LogP contribution in [0.4, 0.5) is 0 Å². The van der Waals surface area contributed by atoms with Gasteiger partial charge in [-0.2, -0.15) is 0 Å². The van der Waals surface area contributed by atoms with Gasteiger partial charge in [-0.15, -0.1) is 6.54 Å². The number of amides is 2. The fourth-order valence-corrected chi connectivity index (χ4v) is 0.925. The fraction of sp³-hybridized carbons (Fsp3) is 0.200. The molecule has 0 radical (unpaired) electrons. The molecule has 0 saturated carbocycles. The molecule has 2 amide bonds. The quantitative estimate of drug-likeness (QED) is 0.434. The van der Waals surface area contributed by atoms with Gasteiger partial charge in [-0.3, -0.25) is 4.79 Å². The Labute approximate surface area is 101 Å². The van der Waals surface area contributed by atoms with Gasteiger partial charge in [-0.25, -0.2) is 0 Å². The first-order valence-electron chi connectivity index (χ1n) is 4.21. The van der Waals surface area contributed by atoms with Crippen LogP contribution < -0.4 is 24.2 Å². The Balaban J connectivity index is 0.00000196. The second-order valence-corrected chi connectivity index (χ2v) is 2.69. The first kappa shape index (κ1) is 13.8. The van der Waals surface area contributed by atoms with Crippen LogP contribution in [0, 0.1) is 0 Å². The zero-order chi connectivity index (χ0) is 10.4. The van der Waals surface area contributed by atoms with Crippen molar-refractivity contribution in [1.82, 2.24) is 5.32 Å². The van der Waals surface area contributed by atoms with Crippen LogP contribution in [0.2, 0.25) is 0 Å². The maximum atomic E-state index is 11.0. The van der Waals surface area contributed by atoms with Crippen molar-refractivity contribution in [2.24, 2.45) is 0 Å². The van der Waals surface area contributed by atoms with E-state index in [1.54, 1.807) is 0 Å². The minimum Gasteiger partial charge on any atom is -0.641 e. The molecular weight excluding hydrogens is 187 g/mol. The molecule has 0 aliphatic carbocycles. The largest absolute Gasteiger partial charge is 1.00 e. The third kappa shape index (κ3) is 4.68. The van der Waals surface area contributed by atoms with Crippen molar-refractivity contribution in [2.45, 2.75) is 6.54 Å². The van der Waals surface area contributed by atoms with Crippen LogP contribution in [0.1, 0.15) is 5.56 Å². The normalized spacial score (nSPS) is 8.60. The van der Waals surface area contributed by atoms with Crippen molar-refractivity contribution in [3.05, 3.63) is 41.2 Å². The van der Waals surface area contributed by atoms with Crippen molar-refractivity contribution >= 4 is 11.8 Å². The zero-order valence-corrected chi connectivity index (χ0v) is 8.86. The van der Waals surface area contributed by atoms with Crippen LogP contribution in [0.25, 0.3) is 5.32 Å². The van der Waals surface area contributed by atoms with Gasteiger partial charge in [0.1, 0.15) is 5.91 Å². The molecule has 1 aromatic carbocycles. The number of nitrogens with one attached hydrogen (secondary N) is 1. The van der Waals surface area contributed by atoms with E-state index in [9.17, 15) is 9.59 Å². The van der Waals surface area contributed by atoms with Crippen LogP contribution in [0.15, 0.2) is 30.3 Å². The number of carbonyl (C=O) groups excluding carboxylic acids is 2. The number of benzene rings is 1. The zero-order valence-electron chi connectivity index (χ0n) is 8.86. The molecule has 74 valence electrons. The third-order valence-corrected chi connectivity index (χ3v) is 1.67. The van der Waals surface area contributed by atoms with Gasteiger partial charge < -0.3 is 15.4 Å². The fourth-order valence-electron chi connectivity index (χ4n) is 0.925. The van der Waals surface area contributed by atoms with E-state index in [2.05, 4.69) is 10.6 Å². The van der Waals surface area contributed by atoms with E-state index in [0.717, 1.165) is 5.56 Å². The van der Waals surface area contributed by atoms with Crippen LogP contribution in [-0.4, -0.2) is 18.9 Å². The molecule has 1 N–H and O–H groups in total. The molecule has 4 nitrogen and oxygen atoms in total. The molecule has 0 bridgehead atoms. The SMILES string of the molecule is CNC(=O)C(=O)[N-]Cc1ccccc1.[Li+]. The summed E-state index contributed by atoms with van der Waals surface area (Å²) in [5, 5.41) is 5.83. The Morgan fingerprint density at radius 2 is 1.87 bits per heavy atom. The van der Waals surface area contributed by atoms with E-state index in [1.165, 1.54) is 7.05 Å². The number of hydrogen-bond acceptors (Lipinski definition) is 2. The summed E-state index contributed by atoms with van der Waals surface area (Å²) >= 11 is 0. The van der Waals surface area contributed by atoms with Crippen molar-refractivity contribution in [1.29, 1.82) is 0 Å². The number of likely N-dealkylation sites (N-methyl/N-ethyl adjacent to an activating group) is 1. The summed E-state index contributed by atoms with van der Waals surface area (Å²) in [5.74, 6) is -1.42. The molecule has 1 aromatic rings. The summed E-state index contributed by atoms with van der Waals surface area (Å²) < 4.78 is 0. The van der Waals surface area contributed by atoms with Gasteiger partial charge in [0.25, 0.3) is 5.91 Å². The van der Waals surface area contributed by atoms with Gasteiger partial charge in [0.15, 0.2) is 0 Å². The molecule has 0 saturated heterocycles. The van der Waals surface area contributed by atoms with Gasteiger partial charge >= 0.3 is 18.9 Å². The van der Waals surface area contributed by atoms with Crippen molar-refractivity contribution in [2.75, 3.05) is 7.05 Å². The summed E-state index contributed by atoms with van der Waals surface area (Å²) in [7, 11) is 1.40. The minimum atomic E-state index is -0.739. The molecule has 0 heterocycles. The summed E-state index contributed by atoms with van der Waals surface area (Å²) in [6.07, 6.45) is 0. The molecule has 0 aliphatic heterocycles. The second kappa shape index (κ2) is 7.10. The maximum absolute atomic E-state index is 11.0. The molecule has 15 heavy (non-hydrogen) atoms. The molecular formula is C10H11LiN2O2. The molecule has 1 rings (SSSR count). The summed E-state index contributed by atoms with van der Waals surface area (Å²) in [6, 6.07) is 9.29. The Morgan fingerprint density at radius 3 is 2.40 bits per heavy atom. The van der Waals surface area contributed by atoms with Crippen LogP contribution in [0.3, 0.4) is 0 Å². The van der Waals surface area contributed by atoms with E-state index in [4.69, 9.17) is 0 Å². The van der Waals surface area contributed by atoms with Gasteiger partial charge in [0, 0.05) is 7.05 Å². The predicted octanol–water partition coefficient (Wildman–Crippen LogP) is -2.16. The Kier molecular flexibility index (Phi) is 6.51. The molecule has 0 spiro atoms. The smallest absolute Gasteiger partial charge is 0.641 e. The standard InChI is InChI=1S/C10H12N2O2.Li/c1-11-9(13)10(14)12-7-8-5-3-2-4-6-8;/h2-6H,7H2,1H3,(H2,11,12,13,14);/q;+1/p-1. The number of nitrogens with zero attached hydrogens (tertiary/aromatic N) is 1. The molecule has 0 aromatic heterocycles. The number of carbonyl (C=O) groups is 2. The molecule has 0 aliphatic rings. The Bertz CT molecular complexity index is 327. The van der Waals surface area contributed by atoms with Gasteiger partial charge in [0.2, 0.25) is 0 Å². The topological polar surface area (TPSA) is 60.3 Å². The van der Waals surface area contributed by atoms with E-state index < -0.39 is 11.8 Å². The van der Waals surface area contributed by atoms with Crippen molar-refractivity contribution < 1.29 is 28.4 Å². The summed E-state index contributed by atoms with van der Waals surface area (Å²) in [6.45, 7) is 0.243. The van der Waals surface area contributed by atoms with Crippen LogP contribution >= 0.6 is 0 Å². The number of rotatable bonds is 2. The Morgan fingerprint density at radius 1 is 1.27 bits per heavy atom. The summed E-state index contributed by atoms with van der Waals surface area (Å²) in [5.41, 5.74) is 0.907. The van der Waals surface area contributed by atoms with Gasteiger partial charge in [0.05, 0.1) is 0 Å². The molecule has 0 unspecified atom stereocenters. The van der Waals surface area contributed by atoms with E-state index >= 15 is 0 Å². The molecule has 0 atom stereocenters. The first-order chi connectivity index (χ1) is 6.74. The predicted molar refractivity (Wildman–Crippen MR) is 52.6 cm³/mol. The first-order valence-corrected chi connectivity index (χ1v) is 4.21. The number of hydrogen-bond donors (Lipinski definition) is 1. The monoisotopic (exact) mass is 198 g/mol. The van der Waals surface area contributed by atoms with E-state index in [0.29, 0.717) is 0 Å². The summed E-state index contributed by atoms with van der Waals surface area (Å²) in [4.78, 5) is 21.7. The van der Waals surface area contributed by atoms with Gasteiger partial charge in [-0.1, -0.05) is 35.9 Å². The third-order valence-electron chi connectivity index (χ3n) is 1.67. The van der Waals surface area contributed by atoms with Crippen molar-refractivity contribution in [3.63, 3.8) is 0 Å². The maximum Gasteiger partial charge on any atom is 1.00 e. The van der Waals surface area contributed by atoms with Crippen LogP contribution in [0.5, 0.6) is 0 Å². The second-order valence-electron chi connectivity index (χ2n) is 2.69. The van der Waals surface area contributed by atoms with E-state index in [1.807, 2.05) is 30.3 Å². The van der Waals surface area contributed by atoms with Crippen molar-refractivity contribution in [3.8, 4) is 0 Å².